The highest BCUT2D eigenvalue weighted by Crippen LogP contribution is 2.49. The van der Waals surface area contributed by atoms with E-state index in [1.165, 1.54) is 6.20 Å². The van der Waals surface area contributed by atoms with Crippen LogP contribution in [-0.4, -0.2) is 16.8 Å². The quantitative estimate of drug-likeness (QED) is 0.900. The van der Waals surface area contributed by atoms with Crippen LogP contribution in [0, 0.1) is 0 Å². The first kappa shape index (κ1) is 12.8. The number of nitrogens with zero attached hydrogens (tertiary/aromatic N) is 1. The van der Waals surface area contributed by atoms with Crippen LogP contribution in [-0.2, 0) is 10.2 Å². The summed E-state index contributed by atoms with van der Waals surface area (Å²) < 4.78 is 0. The Hall–Kier alpha value is -2.21. The molecule has 0 atom stereocenters. The molecule has 2 amide bonds. The second kappa shape index (κ2) is 4.72. The Labute approximate surface area is 119 Å². The number of hydrogen-bond donors (Lipinski definition) is 2. The number of nitrogens with two attached hydrogens (primary N) is 1. The number of benzene rings is 1. The number of nitrogens with one attached hydrogen (secondary N) is 1. The molecule has 1 fully saturated rings. The topological polar surface area (TPSA) is 85.1 Å². The van der Waals surface area contributed by atoms with Crippen LogP contribution in [0.15, 0.2) is 36.5 Å². The lowest BCUT2D eigenvalue weighted by atomic mass is 9.95. The molecule has 0 aliphatic heterocycles. The first-order chi connectivity index (χ1) is 9.62. The summed E-state index contributed by atoms with van der Waals surface area (Å²) in [6, 6.07) is 9.71. The molecule has 1 aromatic heterocycles. The lowest BCUT2D eigenvalue weighted by Gasteiger charge is -2.14. The maximum absolute atomic E-state index is 12.4. The number of rotatable bonds is 4. The molecule has 1 aliphatic carbocycles. The van der Waals surface area contributed by atoms with Gasteiger partial charge in [-0.1, -0.05) is 41.7 Å². The third-order valence-corrected chi connectivity index (χ3v) is 4.41. The zero-order valence-electron chi connectivity index (χ0n) is 10.6. The molecule has 1 aromatic carbocycles. The van der Waals surface area contributed by atoms with E-state index in [1.54, 1.807) is 0 Å². The minimum Gasteiger partial charge on any atom is -0.365 e. The van der Waals surface area contributed by atoms with E-state index >= 15 is 0 Å². The summed E-state index contributed by atoms with van der Waals surface area (Å²) in [5.74, 6) is -0.610. The molecule has 2 aromatic rings. The number of amides is 2. The number of anilines is 1. The zero-order chi connectivity index (χ0) is 14.2. The predicted molar refractivity (Wildman–Crippen MR) is 76.6 cm³/mol. The van der Waals surface area contributed by atoms with E-state index in [9.17, 15) is 9.59 Å². The predicted octanol–water partition coefficient (Wildman–Crippen LogP) is 1.91. The maximum atomic E-state index is 12.4. The number of thiazole rings is 1. The van der Waals surface area contributed by atoms with Crippen molar-refractivity contribution < 1.29 is 9.59 Å². The zero-order valence-corrected chi connectivity index (χ0v) is 11.4. The van der Waals surface area contributed by atoms with Gasteiger partial charge in [0.25, 0.3) is 5.91 Å². The fraction of sp³-hybridized carbons (Fsp3) is 0.214. The number of carbonyl (C=O) groups is 2. The molecule has 3 rings (SSSR count). The van der Waals surface area contributed by atoms with Crippen LogP contribution in [0.25, 0.3) is 0 Å². The number of aromatic nitrogens is 1. The van der Waals surface area contributed by atoms with Crippen LogP contribution in [0.1, 0.15) is 28.1 Å². The van der Waals surface area contributed by atoms with Gasteiger partial charge in [-0.2, -0.15) is 0 Å². The summed E-state index contributed by atoms with van der Waals surface area (Å²) in [4.78, 5) is 27.8. The van der Waals surface area contributed by atoms with Crippen LogP contribution in [0.2, 0.25) is 0 Å². The lowest BCUT2D eigenvalue weighted by Crippen LogP contribution is -2.27. The van der Waals surface area contributed by atoms with Gasteiger partial charge in [0.15, 0.2) is 5.13 Å². The van der Waals surface area contributed by atoms with Crippen molar-refractivity contribution in [2.75, 3.05) is 5.32 Å². The van der Waals surface area contributed by atoms with E-state index in [1.807, 2.05) is 30.3 Å². The van der Waals surface area contributed by atoms with E-state index < -0.39 is 11.3 Å². The second-order valence-electron chi connectivity index (χ2n) is 4.80. The Morgan fingerprint density at radius 1 is 1.25 bits per heavy atom. The average Bonchev–Trinajstić information content (AvgIpc) is 3.14. The Balaban J connectivity index is 1.78. The van der Waals surface area contributed by atoms with Crippen LogP contribution < -0.4 is 11.1 Å². The largest absolute Gasteiger partial charge is 0.365 e. The highest BCUT2D eigenvalue weighted by atomic mass is 32.1. The minimum atomic E-state index is -0.535. The molecule has 6 heteroatoms. The normalized spacial score (nSPS) is 15.6. The van der Waals surface area contributed by atoms with Gasteiger partial charge in [-0.15, -0.1) is 0 Å². The molecular weight excluding hydrogens is 274 g/mol. The standard InChI is InChI=1S/C14H13N3O2S/c15-11(18)10-8-16-13(20-10)17-12(19)14(6-7-14)9-4-2-1-3-5-9/h1-5,8H,6-7H2,(H2,15,18)(H,16,17,19). The SMILES string of the molecule is NC(=O)c1cnc(NC(=O)C2(c3ccccc3)CC2)s1. The molecule has 0 unspecified atom stereocenters. The first-order valence-corrected chi connectivity index (χ1v) is 7.06. The van der Waals surface area contributed by atoms with Crippen molar-refractivity contribution in [2.24, 2.45) is 5.73 Å². The van der Waals surface area contributed by atoms with Crippen molar-refractivity contribution in [3.8, 4) is 0 Å². The Morgan fingerprint density at radius 3 is 2.50 bits per heavy atom. The monoisotopic (exact) mass is 287 g/mol. The molecule has 1 aliphatic rings. The van der Waals surface area contributed by atoms with E-state index in [-0.39, 0.29) is 5.91 Å². The summed E-state index contributed by atoms with van der Waals surface area (Å²) in [7, 11) is 0. The summed E-state index contributed by atoms with van der Waals surface area (Å²) in [5, 5.41) is 3.19. The summed E-state index contributed by atoms with van der Waals surface area (Å²) in [6.07, 6.45) is 3.04. The molecule has 1 heterocycles. The number of hydrogen-bond acceptors (Lipinski definition) is 4. The highest BCUT2D eigenvalue weighted by molar-refractivity contribution is 7.17. The van der Waals surface area contributed by atoms with Crippen molar-refractivity contribution in [3.05, 3.63) is 47.0 Å². The molecule has 102 valence electrons. The van der Waals surface area contributed by atoms with Gasteiger partial charge in [0.2, 0.25) is 5.91 Å². The number of primary amides is 1. The van der Waals surface area contributed by atoms with E-state index in [0.29, 0.717) is 10.0 Å². The first-order valence-electron chi connectivity index (χ1n) is 6.24. The van der Waals surface area contributed by atoms with Crippen LogP contribution in [0.4, 0.5) is 5.13 Å². The van der Waals surface area contributed by atoms with Gasteiger partial charge in [0, 0.05) is 0 Å². The Morgan fingerprint density at radius 2 is 1.95 bits per heavy atom. The van der Waals surface area contributed by atoms with E-state index in [0.717, 1.165) is 29.7 Å². The molecule has 1 saturated carbocycles. The molecule has 0 bridgehead atoms. The highest BCUT2D eigenvalue weighted by Gasteiger charge is 2.51. The third-order valence-electron chi connectivity index (χ3n) is 3.48. The summed E-state index contributed by atoms with van der Waals surface area (Å²) >= 11 is 1.09. The van der Waals surface area contributed by atoms with Crippen LogP contribution in [0.5, 0.6) is 0 Å². The van der Waals surface area contributed by atoms with Gasteiger partial charge in [-0.25, -0.2) is 4.98 Å². The third kappa shape index (κ3) is 2.18. The Kier molecular flexibility index (Phi) is 3.02. The van der Waals surface area contributed by atoms with Gasteiger partial charge in [0.05, 0.1) is 11.6 Å². The minimum absolute atomic E-state index is 0.0749. The van der Waals surface area contributed by atoms with E-state index in [4.69, 9.17) is 5.73 Å². The van der Waals surface area contributed by atoms with Crippen molar-refractivity contribution in [1.29, 1.82) is 0 Å². The fourth-order valence-electron chi connectivity index (χ4n) is 2.19. The van der Waals surface area contributed by atoms with Gasteiger partial charge < -0.3 is 11.1 Å². The molecule has 0 radical (unpaired) electrons. The van der Waals surface area contributed by atoms with Crippen molar-refractivity contribution in [3.63, 3.8) is 0 Å². The molecule has 20 heavy (non-hydrogen) atoms. The Bertz CT molecular complexity index is 662. The van der Waals surface area contributed by atoms with Crippen LogP contribution >= 0.6 is 11.3 Å². The van der Waals surface area contributed by atoms with Gasteiger partial charge in [-0.05, 0) is 18.4 Å². The summed E-state index contributed by atoms with van der Waals surface area (Å²) in [5.41, 5.74) is 5.74. The molecular formula is C14H13N3O2S. The average molecular weight is 287 g/mol. The van der Waals surface area contributed by atoms with Crippen molar-refractivity contribution in [1.82, 2.24) is 4.98 Å². The molecule has 0 saturated heterocycles. The summed E-state index contributed by atoms with van der Waals surface area (Å²) in [6.45, 7) is 0. The van der Waals surface area contributed by atoms with Crippen molar-refractivity contribution in [2.45, 2.75) is 18.3 Å². The van der Waals surface area contributed by atoms with Gasteiger partial charge in [-0.3, -0.25) is 9.59 Å². The smallest absolute Gasteiger partial charge is 0.260 e. The fourth-order valence-corrected chi connectivity index (χ4v) is 2.86. The number of carbonyl (C=O) groups excluding carboxylic acids is 2. The second-order valence-corrected chi connectivity index (χ2v) is 5.83. The van der Waals surface area contributed by atoms with Crippen LogP contribution in [0.3, 0.4) is 0 Å². The van der Waals surface area contributed by atoms with Crippen molar-refractivity contribution >= 4 is 28.3 Å². The molecule has 0 spiro atoms. The maximum Gasteiger partial charge on any atom is 0.260 e. The van der Waals surface area contributed by atoms with Gasteiger partial charge in [0.1, 0.15) is 4.88 Å². The lowest BCUT2D eigenvalue weighted by molar-refractivity contribution is -0.118. The molecule has 5 nitrogen and oxygen atoms in total. The van der Waals surface area contributed by atoms with E-state index in [2.05, 4.69) is 10.3 Å². The molecule has 3 N–H and O–H groups in total. The van der Waals surface area contributed by atoms with Gasteiger partial charge >= 0.3 is 0 Å².